The van der Waals surface area contributed by atoms with E-state index in [0.29, 0.717) is 12.0 Å². The summed E-state index contributed by atoms with van der Waals surface area (Å²) in [5.74, 6) is -0.315. The van der Waals surface area contributed by atoms with Gasteiger partial charge in [-0.3, -0.25) is 9.69 Å². The molecule has 34 heavy (non-hydrogen) atoms. The molecule has 1 aromatic heterocycles. The number of nitrogens with zero attached hydrogens (tertiary/aromatic N) is 3. The molecule has 2 fully saturated rings. The first-order valence-electron chi connectivity index (χ1n) is 11.4. The van der Waals surface area contributed by atoms with E-state index in [-0.39, 0.29) is 48.9 Å². The fourth-order valence-corrected chi connectivity index (χ4v) is 5.01. The van der Waals surface area contributed by atoms with Crippen molar-refractivity contribution in [3.8, 4) is 0 Å². The number of nitrogens with one attached hydrogen (secondary N) is 3. The third kappa shape index (κ3) is 4.31. The quantitative estimate of drug-likeness (QED) is 0.502. The first kappa shape index (κ1) is 22.6. The van der Waals surface area contributed by atoms with Crippen molar-refractivity contribution in [3.05, 3.63) is 41.1 Å². The lowest BCUT2D eigenvalue weighted by atomic mass is 9.91. The Bertz CT molecular complexity index is 1100. The summed E-state index contributed by atoms with van der Waals surface area (Å²) in [4.78, 5) is 32.8. The van der Waals surface area contributed by atoms with Crippen LogP contribution >= 0.6 is 0 Å². The minimum atomic E-state index is -4.54. The van der Waals surface area contributed by atoms with Gasteiger partial charge < -0.3 is 20.7 Å². The van der Waals surface area contributed by atoms with Crippen LogP contribution in [0.2, 0.25) is 0 Å². The first-order chi connectivity index (χ1) is 16.3. The normalized spacial score (nSPS) is 21.6. The van der Waals surface area contributed by atoms with E-state index in [2.05, 4.69) is 30.8 Å². The summed E-state index contributed by atoms with van der Waals surface area (Å²) in [6.45, 7) is 0.201. The molecule has 5 rings (SSSR count). The number of hydrogen-bond acceptors (Lipinski definition) is 7. The molecule has 2 atom stereocenters. The molecule has 8 nitrogen and oxygen atoms in total. The van der Waals surface area contributed by atoms with Crippen LogP contribution in [-0.2, 0) is 15.8 Å². The highest BCUT2D eigenvalue weighted by atomic mass is 19.4. The number of anilines is 3. The maximum Gasteiger partial charge on any atom is 0.421 e. The van der Waals surface area contributed by atoms with E-state index in [1.807, 2.05) is 18.2 Å². The van der Waals surface area contributed by atoms with E-state index >= 15 is 0 Å². The molecule has 3 aliphatic rings. The Kier molecular flexibility index (Phi) is 5.88. The third-order valence-corrected chi connectivity index (χ3v) is 6.82. The van der Waals surface area contributed by atoms with Gasteiger partial charge in [-0.15, -0.1) is 0 Å². The van der Waals surface area contributed by atoms with Gasteiger partial charge in [0.1, 0.15) is 17.7 Å². The van der Waals surface area contributed by atoms with E-state index in [0.717, 1.165) is 49.4 Å². The van der Waals surface area contributed by atoms with Crippen molar-refractivity contribution in [1.82, 2.24) is 20.2 Å². The zero-order valence-electron chi connectivity index (χ0n) is 18.4. The molecule has 11 heteroatoms. The van der Waals surface area contributed by atoms with E-state index in [9.17, 15) is 22.8 Å². The lowest BCUT2D eigenvalue weighted by molar-refractivity contribution is -0.137. The van der Waals surface area contributed by atoms with Gasteiger partial charge in [-0.05, 0) is 55.4 Å². The summed E-state index contributed by atoms with van der Waals surface area (Å²) in [6.07, 6.45) is 1.41. The number of fused-ring (bicyclic) bond motifs is 5. The van der Waals surface area contributed by atoms with E-state index < -0.39 is 11.7 Å². The van der Waals surface area contributed by atoms with Crippen LogP contribution in [0.5, 0.6) is 0 Å². The van der Waals surface area contributed by atoms with Gasteiger partial charge in [0.05, 0.1) is 13.1 Å². The monoisotopic (exact) mass is 474 g/mol. The number of benzene rings is 1. The Labute approximate surface area is 194 Å². The Morgan fingerprint density at radius 3 is 2.59 bits per heavy atom. The summed E-state index contributed by atoms with van der Waals surface area (Å²) in [7, 11) is 0. The average Bonchev–Trinajstić information content (AvgIpc) is 3.29. The highest BCUT2D eigenvalue weighted by Crippen LogP contribution is 2.53. The predicted octanol–water partition coefficient (Wildman–Crippen LogP) is 3.71. The number of aromatic nitrogens is 2. The highest BCUT2D eigenvalue weighted by molar-refractivity contribution is 5.80. The van der Waals surface area contributed by atoms with Crippen LogP contribution in [0.1, 0.15) is 60.9 Å². The number of carbonyl (C=O) groups excluding carboxylic acids is 2. The zero-order valence-corrected chi connectivity index (χ0v) is 18.4. The molecule has 3 N–H and O–H groups in total. The van der Waals surface area contributed by atoms with Crippen molar-refractivity contribution in [1.29, 1.82) is 0 Å². The van der Waals surface area contributed by atoms with Crippen molar-refractivity contribution >= 4 is 29.6 Å². The third-order valence-electron chi connectivity index (χ3n) is 6.82. The van der Waals surface area contributed by atoms with Crippen molar-refractivity contribution in [2.75, 3.05) is 23.7 Å². The maximum absolute atomic E-state index is 13.4. The van der Waals surface area contributed by atoms with E-state index in [4.69, 9.17) is 0 Å². The van der Waals surface area contributed by atoms with Crippen LogP contribution in [0.4, 0.5) is 30.6 Å². The van der Waals surface area contributed by atoms with E-state index in [1.54, 1.807) is 0 Å². The smallest absolute Gasteiger partial charge is 0.367 e. The second kappa shape index (κ2) is 8.86. The maximum atomic E-state index is 13.4. The number of amides is 1. The minimum absolute atomic E-state index is 0.00545. The van der Waals surface area contributed by atoms with Gasteiger partial charge in [0.25, 0.3) is 0 Å². The van der Waals surface area contributed by atoms with Crippen LogP contribution in [0.3, 0.4) is 0 Å². The van der Waals surface area contributed by atoms with Gasteiger partial charge in [-0.25, -0.2) is 4.98 Å². The van der Waals surface area contributed by atoms with Crippen LogP contribution in [0.15, 0.2) is 24.4 Å². The van der Waals surface area contributed by atoms with Crippen LogP contribution in [0, 0.1) is 0 Å². The molecule has 180 valence electrons. The summed E-state index contributed by atoms with van der Waals surface area (Å²) in [6, 6.07) is 5.99. The van der Waals surface area contributed by atoms with Crippen LogP contribution in [-0.4, -0.2) is 46.2 Å². The molecule has 3 heterocycles. The van der Waals surface area contributed by atoms with Gasteiger partial charge >= 0.3 is 6.18 Å². The Balaban J connectivity index is 1.34. The number of hydrogen-bond donors (Lipinski definition) is 3. The fourth-order valence-electron chi connectivity index (χ4n) is 5.01. The summed E-state index contributed by atoms with van der Waals surface area (Å²) in [5.41, 5.74) is 2.03. The molecule has 1 aliphatic carbocycles. The molecule has 1 aromatic carbocycles. The zero-order chi connectivity index (χ0) is 23.9. The van der Waals surface area contributed by atoms with Crippen molar-refractivity contribution in [3.63, 3.8) is 0 Å². The van der Waals surface area contributed by atoms with Gasteiger partial charge in [0, 0.05) is 30.0 Å². The fraction of sp³-hybridized carbons (Fsp3) is 0.478. The number of aldehydes is 1. The molecular formula is C23H25F3N6O2. The molecule has 0 spiro atoms. The molecule has 1 saturated heterocycles. The second-order valence-corrected chi connectivity index (χ2v) is 8.95. The molecule has 1 amide bonds. The van der Waals surface area contributed by atoms with Gasteiger partial charge in [0.15, 0.2) is 0 Å². The lowest BCUT2D eigenvalue weighted by Crippen LogP contribution is -2.36. The molecule has 2 aliphatic heterocycles. The van der Waals surface area contributed by atoms with Gasteiger partial charge in [0.2, 0.25) is 11.9 Å². The Hall–Kier alpha value is -3.21. The molecule has 1 saturated carbocycles. The van der Waals surface area contributed by atoms with Crippen LogP contribution < -0.4 is 16.0 Å². The lowest BCUT2D eigenvalue weighted by Gasteiger charge is -2.28. The minimum Gasteiger partial charge on any atom is -0.367 e. The van der Waals surface area contributed by atoms with Crippen molar-refractivity contribution in [2.24, 2.45) is 0 Å². The van der Waals surface area contributed by atoms with E-state index in [1.165, 1.54) is 0 Å². The summed E-state index contributed by atoms with van der Waals surface area (Å²) >= 11 is 0. The number of alkyl halides is 3. The van der Waals surface area contributed by atoms with Crippen LogP contribution in [0.25, 0.3) is 0 Å². The van der Waals surface area contributed by atoms with Gasteiger partial charge in [-0.1, -0.05) is 6.07 Å². The number of carbonyl (C=O) groups is 2. The van der Waals surface area contributed by atoms with Gasteiger partial charge in [-0.2, -0.15) is 18.2 Å². The standard InChI is InChI=1S/C23H25F3N6O2/c24-23(25,26)17-11-28-22(31-21(17)29-13-2-1-3-13)30-14-4-5-15-16(10-14)19-7-6-18(15)32(19)12-20(34)27-8-9-33/h4-5,9-11,13,18-19H,1-3,6-8,12H2,(H,27,34)(H2,28,29,30,31)/t18-,19+/m0/s1. The second-order valence-electron chi connectivity index (χ2n) is 8.95. The topological polar surface area (TPSA) is 99.3 Å². The SMILES string of the molecule is O=CCNC(=O)CN1[C@@H]2CC[C@H]1c1ccc(Nc3ncc(C(F)(F)F)c(NC4CCC4)n3)cc12. The summed E-state index contributed by atoms with van der Waals surface area (Å²) < 4.78 is 40.3. The molecule has 2 aromatic rings. The average molecular weight is 474 g/mol. The largest absolute Gasteiger partial charge is 0.421 e. The van der Waals surface area contributed by atoms with Crippen molar-refractivity contribution in [2.45, 2.75) is 56.4 Å². The predicted molar refractivity (Wildman–Crippen MR) is 119 cm³/mol. The molecule has 2 bridgehead atoms. The first-order valence-corrected chi connectivity index (χ1v) is 11.4. The number of rotatable bonds is 8. The highest BCUT2D eigenvalue weighted by Gasteiger charge is 2.44. The summed E-state index contributed by atoms with van der Waals surface area (Å²) in [5, 5.41) is 8.52. The number of halogens is 3. The molecule has 0 unspecified atom stereocenters. The van der Waals surface area contributed by atoms with Crippen molar-refractivity contribution < 1.29 is 22.8 Å². The Morgan fingerprint density at radius 2 is 1.91 bits per heavy atom. The molecule has 0 radical (unpaired) electrons. The molecular weight excluding hydrogens is 449 g/mol. The Morgan fingerprint density at radius 1 is 1.15 bits per heavy atom.